The number of carbonyl (C=O) groups excluding carboxylic acids is 1. The molecular weight excluding hydrogens is 314 g/mol. The van der Waals surface area contributed by atoms with Crippen molar-refractivity contribution in [2.45, 2.75) is 20.3 Å². The summed E-state index contributed by atoms with van der Waals surface area (Å²) in [6.07, 6.45) is 0.765. The van der Waals surface area contributed by atoms with Gasteiger partial charge in [-0.25, -0.2) is 0 Å². The van der Waals surface area contributed by atoms with Crippen molar-refractivity contribution in [2.75, 3.05) is 12.4 Å². The zero-order chi connectivity index (χ0) is 16.8. The highest BCUT2D eigenvalue weighted by atomic mass is 35.5. The number of hydrogen-bond acceptors (Lipinski definition) is 3. The summed E-state index contributed by atoms with van der Waals surface area (Å²) in [6, 6.07) is 12.4. The van der Waals surface area contributed by atoms with Crippen molar-refractivity contribution in [3.05, 3.63) is 47.5 Å². The molecule has 1 amide bonds. The van der Waals surface area contributed by atoms with Gasteiger partial charge in [-0.2, -0.15) is 0 Å². The average molecular weight is 334 g/mol. The van der Waals surface area contributed by atoms with E-state index in [1.54, 1.807) is 37.4 Å². The molecule has 0 fully saturated rings. The second-order valence-corrected chi connectivity index (χ2v) is 5.65. The summed E-state index contributed by atoms with van der Waals surface area (Å²) in [5.74, 6) is 1.79. The quantitative estimate of drug-likeness (QED) is 0.797. The number of anilines is 1. The van der Waals surface area contributed by atoms with Gasteiger partial charge in [-0.3, -0.25) is 4.79 Å². The van der Waals surface area contributed by atoms with Gasteiger partial charge in [-0.05, 0) is 48.9 Å². The topological polar surface area (TPSA) is 47.6 Å². The van der Waals surface area contributed by atoms with Gasteiger partial charge in [0.25, 0.3) is 0 Å². The van der Waals surface area contributed by atoms with Gasteiger partial charge < -0.3 is 14.8 Å². The minimum absolute atomic E-state index is 0.0608. The molecule has 2 rings (SSSR count). The molecule has 0 saturated carbocycles. The highest BCUT2D eigenvalue weighted by Crippen LogP contribution is 2.33. The van der Waals surface area contributed by atoms with Crippen LogP contribution in [0.2, 0.25) is 5.02 Å². The highest BCUT2D eigenvalue weighted by molar-refractivity contribution is 6.31. The second kappa shape index (κ2) is 7.88. The van der Waals surface area contributed by atoms with Gasteiger partial charge in [0, 0.05) is 10.9 Å². The molecule has 2 aromatic carbocycles. The Balaban J connectivity index is 2.22. The van der Waals surface area contributed by atoms with Crippen molar-refractivity contribution >= 4 is 23.2 Å². The Kier molecular flexibility index (Phi) is 5.88. The predicted molar refractivity (Wildman–Crippen MR) is 92.6 cm³/mol. The maximum absolute atomic E-state index is 12.1. The lowest BCUT2D eigenvalue weighted by Crippen LogP contribution is -2.19. The molecule has 1 atom stereocenters. The molecule has 2 aromatic rings. The van der Waals surface area contributed by atoms with Crippen molar-refractivity contribution < 1.29 is 14.3 Å². The molecular formula is C18H20ClNO3. The van der Waals surface area contributed by atoms with E-state index in [4.69, 9.17) is 21.1 Å². The van der Waals surface area contributed by atoms with Crippen LogP contribution in [-0.4, -0.2) is 13.0 Å². The van der Waals surface area contributed by atoms with Gasteiger partial charge in [0.15, 0.2) is 5.75 Å². The fraction of sp³-hybridized carbons (Fsp3) is 0.278. The first-order chi connectivity index (χ1) is 11.0. The normalized spacial score (nSPS) is 11.7. The molecule has 0 aliphatic heterocycles. The van der Waals surface area contributed by atoms with E-state index in [2.05, 4.69) is 5.32 Å². The van der Waals surface area contributed by atoms with Gasteiger partial charge in [0.2, 0.25) is 5.91 Å². The smallest absolute Gasteiger partial charge is 0.227 e. The van der Waals surface area contributed by atoms with Crippen LogP contribution >= 0.6 is 11.6 Å². The van der Waals surface area contributed by atoms with Gasteiger partial charge in [-0.1, -0.05) is 25.4 Å². The third kappa shape index (κ3) is 4.63. The van der Waals surface area contributed by atoms with E-state index in [0.29, 0.717) is 22.2 Å². The molecule has 5 heteroatoms. The lowest BCUT2D eigenvalue weighted by atomic mass is 10.1. The Labute approximate surface area is 141 Å². The molecule has 4 nitrogen and oxygen atoms in total. The number of hydrogen-bond donors (Lipinski definition) is 1. The van der Waals surface area contributed by atoms with Gasteiger partial charge in [-0.15, -0.1) is 0 Å². The minimum atomic E-state index is -0.0807. The van der Waals surface area contributed by atoms with E-state index in [1.165, 1.54) is 0 Å². The van der Waals surface area contributed by atoms with E-state index in [0.717, 1.165) is 12.2 Å². The summed E-state index contributed by atoms with van der Waals surface area (Å²) >= 11 is 6.03. The second-order valence-electron chi connectivity index (χ2n) is 5.22. The van der Waals surface area contributed by atoms with Crippen molar-refractivity contribution in [3.63, 3.8) is 0 Å². The molecule has 0 aromatic heterocycles. The SMILES string of the molecule is CCC(C)C(=O)Nc1cc(Cl)ccc1Oc1ccc(OC)cc1. The predicted octanol–water partition coefficient (Wildman–Crippen LogP) is 5.13. The Morgan fingerprint density at radius 3 is 2.43 bits per heavy atom. The molecule has 1 N–H and O–H groups in total. The van der Waals surface area contributed by atoms with E-state index in [1.807, 2.05) is 26.0 Å². The largest absolute Gasteiger partial charge is 0.497 e. The van der Waals surface area contributed by atoms with Crippen LogP contribution in [0.5, 0.6) is 17.2 Å². The number of halogens is 1. The van der Waals surface area contributed by atoms with Gasteiger partial charge >= 0.3 is 0 Å². The standard InChI is InChI=1S/C18H20ClNO3/c1-4-12(2)18(21)20-16-11-13(19)5-10-17(16)23-15-8-6-14(22-3)7-9-15/h5-12H,4H2,1-3H3,(H,20,21). The Morgan fingerprint density at radius 2 is 1.83 bits per heavy atom. The molecule has 0 saturated heterocycles. The van der Waals surface area contributed by atoms with Crippen LogP contribution in [-0.2, 0) is 4.79 Å². The first kappa shape index (κ1) is 17.2. The molecule has 0 bridgehead atoms. The maximum Gasteiger partial charge on any atom is 0.227 e. The number of methoxy groups -OCH3 is 1. The number of carbonyl (C=O) groups is 1. The molecule has 23 heavy (non-hydrogen) atoms. The maximum atomic E-state index is 12.1. The third-order valence-electron chi connectivity index (χ3n) is 3.55. The van der Waals surface area contributed by atoms with E-state index >= 15 is 0 Å². The summed E-state index contributed by atoms with van der Waals surface area (Å²) < 4.78 is 11.0. The van der Waals surface area contributed by atoms with Crippen molar-refractivity contribution in [1.82, 2.24) is 0 Å². The molecule has 0 aliphatic carbocycles. The zero-order valence-corrected chi connectivity index (χ0v) is 14.2. The van der Waals surface area contributed by atoms with Crippen LogP contribution in [0.15, 0.2) is 42.5 Å². The molecule has 0 aliphatic rings. The first-order valence-electron chi connectivity index (χ1n) is 7.45. The molecule has 0 heterocycles. The minimum Gasteiger partial charge on any atom is -0.497 e. The van der Waals surface area contributed by atoms with Crippen LogP contribution < -0.4 is 14.8 Å². The van der Waals surface area contributed by atoms with Crippen LogP contribution in [0, 0.1) is 5.92 Å². The van der Waals surface area contributed by atoms with Crippen LogP contribution in [0.1, 0.15) is 20.3 Å². The Bertz CT molecular complexity index is 670. The van der Waals surface area contributed by atoms with Crippen LogP contribution in [0.3, 0.4) is 0 Å². The van der Waals surface area contributed by atoms with Crippen molar-refractivity contribution in [2.24, 2.45) is 5.92 Å². The van der Waals surface area contributed by atoms with Crippen LogP contribution in [0.25, 0.3) is 0 Å². The lowest BCUT2D eigenvalue weighted by Gasteiger charge is -2.15. The summed E-state index contributed by atoms with van der Waals surface area (Å²) in [5, 5.41) is 3.41. The van der Waals surface area contributed by atoms with Crippen LogP contribution in [0.4, 0.5) is 5.69 Å². The number of rotatable bonds is 6. The van der Waals surface area contributed by atoms with Crippen molar-refractivity contribution in [1.29, 1.82) is 0 Å². The van der Waals surface area contributed by atoms with E-state index in [-0.39, 0.29) is 11.8 Å². The molecule has 1 unspecified atom stereocenters. The first-order valence-corrected chi connectivity index (χ1v) is 7.83. The average Bonchev–Trinajstić information content (AvgIpc) is 2.57. The molecule has 122 valence electrons. The summed E-state index contributed by atoms with van der Waals surface area (Å²) in [5.41, 5.74) is 0.554. The molecule has 0 radical (unpaired) electrons. The van der Waals surface area contributed by atoms with E-state index < -0.39 is 0 Å². The lowest BCUT2D eigenvalue weighted by molar-refractivity contribution is -0.119. The monoisotopic (exact) mass is 333 g/mol. The van der Waals surface area contributed by atoms with E-state index in [9.17, 15) is 4.79 Å². The number of ether oxygens (including phenoxy) is 2. The summed E-state index contributed by atoms with van der Waals surface area (Å²) in [6.45, 7) is 3.85. The number of amides is 1. The fourth-order valence-corrected chi connectivity index (χ4v) is 2.07. The van der Waals surface area contributed by atoms with Crippen molar-refractivity contribution in [3.8, 4) is 17.2 Å². The fourth-order valence-electron chi connectivity index (χ4n) is 1.90. The summed E-state index contributed by atoms with van der Waals surface area (Å²) in [7, 11) is 1.61. The third-order valence-corrected chi connectivity index (χ3v) is 3.78. The summed E-state index contributed by atoms with van der Waals surface area (Å²) in [4.78, 5) is 12.1. The van der Waals surface area contributed by atoms with Gasteiger partial charge in [0.05, 0.1) is 12.8 Å². The highest BCUT2D eigenvalue weighted by Gasteiger charge is 2.14. The van der Waals surface area contributed by atoms with Gasteiger partial charge in [0.1, 0.15) is 11.5 Å². The Hall–Kier alpha value is -2.20. The Morgan fingerprint density at radius 1 is 1.17 bits per heavy atom. The zero-order valence-electron chi connectivity index (χ0n) is 13.4. The molecule has 0 spiro atoms. The number of benzene rings is 2. The number of nitrogens with one attached hydrogen (secondary N) is 1.